The van der Waals surface area contributed by atoms with Gasteiger partial charge in [0.15, 0.2) is 0 Å². The van der Waals surface area contributed by atoms with Gasteiger partial charge in [-0.1, -0.05) is 20.8 Å². The Kier molecular flexibility index (Phi) is 5.80. The second kappa shape index (κ2) is 6.64. The quantitative estimate of drug-likeness (QED) is 0.764. The summed E-state index contributed by atoms with van der Waals surface area (Å²) in [5, 5.41) is 6.43. The van der Waals surface area contributed by atoms with Gasteiger partial charge in [0.25, 0.3) is 0 Å². The lowest BCUT2D eigenvalue weighted by Crippen LogP contribution is -2.43. The van der Waals surface area contributed by atoms with Gasteiger partial charge in [-0.15, -0.1) is 0 Å². The summed E-state index contributed by atoms with van der Waals surface area (Å²) in [6, 6.07) is 0. The monoisotopic (exact) mass is 258 g/mol. The second-order valence-corrected chi connectivity index (χ2v) is 6.33. The lowest BCUT2D eigenvalue weighted by atomic mass is 9.96. The molecule has 0 aromatic heterocycles. The fourth-order valence-corrected chi connectivity index (χ4v) is 3.20. The third-order valence-electron chi connectivity index (χ3n) is 4.16. The predicted molar refractivity (Wildman–Crippen MR) is 75.4 cm³/mol. The molecule has 1 rings (SSSR count). The van der Waals surface area contributed by atoms with E-state index in [2.05, 4.69) is 37.7 Å². The standard InChI is InChI=1S/C13H26N2OS/c1-5-13(6-2,17-4)9-15-12(16)11-8-14-7-10(11)3/h10-11,14H,5-9H2,1-4H3,(H,15,16)/t10-,11-/m1/s1. The molecular formula is C13H26N2OS. The van der Waals surface area contributed by atoms with Crippen molar-refractivity contribution in [3.05, 3.63) is 0 Å². The molecule has 1 saturated heterocycles. The maximum absolute atomic E-state index is 12.1. The van der Waals surface area contributed by atoms with E-state index in [-0.39, 0.29) is 16.6 Å². The highest BCUT2D eigenvalue weighted by atomic mass is 32.2. The molecule has 1 aliphatic rings. The third-order valence-corrected chi connectivity index (χ3v) is 5.75. The van der Waals surface area contributed by atoms with Crippen molar-refractivity contribution in [2.45, 2.75) is 38.4 Å². The summed E-state index contributed by atoms with van der Waals surface area (Å²) in [7, 11) is 0. The summed E-state index contributed by atoms with van der Waals surface area (Å²) in [6.45, 7) is 9.14. The molecule has 0 spiro atoms. The highest BCUT2D eigenvalue weighted by molar-refractivity contribution is 8.00. The molecule has 0 radical (unpaired) electrons. The van der Waals surface area contributed by atoms with Crippen LogP contribution in [0.2, 0.25) is 0 Å². The molecule has 4 heteroatoms. The second-order valence-electron chi connectivity index (χ2n) is 5.05. The van der Waals surface area contributed by atoms with Crippen LogP contribution in [0.1, 0.15) is 33.6 Å². The molecule has 0 aromatic rings. The van der Waals surface area contributed by atoms with Crippen LogP contribution in [0, 0.1) is 11.8 Å². The van der Waals surface area contributed by atoms with E-state index in [1.807, 2.05) is 11.8 Å². The van der Waals surface area contributed by atoms with Crippen LogP contribution in [0.5, 0.6) is 0 Å². The topological polar surface area (TPSA) is 41.1 Å². The third kappa shape index (κ3) is 3.62. The number of rotatable bonds is 6. The van der Waals surface area contributed by atoms with Crippen LogP contribution in [0.3, 0.4) is 0 Å². The van der Waals surface area contributed by atoms with Crippen molar-refractivity contribution in [3.8, 4) is 0 Å². The minimum atomic E-state index is 0.156. The van der Waals surface area contributed by atoms with Crippen LogP contribution in [-0.2, 0) is 4.79 Å². The first kappa shape index (κ1) is 14.8. The van der Waals surface area contributed by atoms with Crippen LogP contribution in [0.25, 0.3) is 0 Å². The highest BCUT2D eigenvalue weighted by Crippen LogP contribution is 2.29. The fourth-order valence-electron chi connectivity index (χ4n) is 2.40. The van der Waals surface area contributed by atoms with E-state index in [0.29, 0.717) is 5.92 Å². The number of hydrogen-bond donors (Lipinski definition) is 2. The molecule has 17 heavy (non-hydrogen) atoms. The van der Waals surface area contributed by atoms with Crippen molar-refractivity contribution in [2.24, 2.45) is 11.8 Å². The Morgan fingerprint density at radius 2 is 2.06 bits per heavy atom. The first-order valence-corrected chi connectivity index (χ1v) is 7.84. The van der Waals surface area contributed by atoms with E-state index >= 15 is 0 Å². The Morgan fingerprint density at radius 1 is 1.41 bits per heavy atom. The maximum atomic E-state index is 12.1. The molecule has 100 valence electrons. The lowest BCUT2D eigenvalue weighted by molar-refractivity contribution is -0.125. The van der Waals surface area contributed by atoms with E-state index in [9.17, 15) is 4.79 Å². The number of carbonyl (C=O) groups excluding carboxylic acids is 1. The van der Waals surface area contributed by atoms with Gasteiger partial charge < -0.3 is 10.6 Å². The molecule has 1 heterocycles. The lowest BCUT2D eigenvalue weighted by Gasteiger charge is -2.30. The van der Waals surface area contributed by atoms with Gasteiger partial charge in [0.2, 0.25) is 5.91 Å². The Bertz CT molecular complexity index is 246. The highest BCUT2D eigenvalue weighted by Gasteiger charge is 2.31. The van der Waals surface area contributed by atoms with E-state index in [1.165, 1.54) is 0 Å². The van der Waals surface area contributed by atoms with E-state index in [4.69, 9.17) is 0 Å². The van der Waals surface area contributed by atoms with Crippen LogP contribution in [0.15, 0.2) is 0 Å². The first-order valence-electron chi connectivity index (χ1n) is 6.62. The number of nitrogens with one attached hydrogen (secondary N) is 2. The van der Waals surface area contributed by atoms with Crippen molar-refractivity contribution >= 4 is 17.7 Å². The maximum Gasteiger partial charge on any atom is 0.224 e. The van der Waals surface area contributed by atoms with E-state index < -0.39 is 0 Å². The molecular weight excluding hydrogens is 232 g/mol. The van der Waals surface area contributed by atoms with E-state index in [1.54, 1.807) is 0 Å². The average Bonchev–Trinajstić information content (AvgIpc) is 2.78. The number of hydrogen-bond acceptors (Lipinski definition) is 3. The van der Waals surface area contributed by atoms with Crippen molar-refractivity contribution in [2.75, 3.05) is 25.9 Å². The molecule has 1 fully saturated rings. The summed E-state index contributed by atoms with van der Waals surface area (Å²) < 4.78 is 0.213. The molecule has 0 unspecified atom stereocenters. The van der Waals surface area contributed by atoms with Crippen LogP contribution in [-0.4, -0.2) is 36.5 Å². The average molecular weight is 258 g/mol. The molecule has 3 nitrogen and oxygen atoms in total. The van der Waals surface area contributed by atoms with Crippen LogP contribution >= 0.6 is 11.8 Å². The zero-order valence-electron chi connectivity index (χ0n) is 11.5. The zero-order chi connectivity index (χ0) is 12.9. The molecule has 2 N–H and O–H groups in total. The summed E-state index contributed by atoms with van der Waals surface area (Å²) in [5.41, 5.74) is 0. The van der Waals surface area contributed by atoms with Gasteiger partial charge in [0.05, 0.1) is 5.92 Å². The zero-order valence-corrected chi connectivity index (χ0v) is 12.3. The van der Waals surface area contributed by atoms with Gasteiger partial charge >= 0.3 is 0 Å². The van der Waals surface area contributed by atoms with Crippen LogP contribution in [0.4, 0.5) is 0 Å². The Balaban J connectivity index is 2.46. The normalized spacial score (nSPS) is 24.9. The molecule has 0 saturated carbocycles. The van der Waals surface area contributed by atoms with Gasteiger partial charge in [-0.25, -0.2) is 0 Å². The molecule has 0 bridgehead atoms. The minimum absolute atomic E-state index is 0.156. The fraction of sp³-hybridized carbons (Fsp3) is 0.923. The predicted octanol–water partition coefficient (Wildman–Crippen LogP) is 1.88. The molecule has 2 atom stereocenters. The minimum Gasteiger partial charge on any atom is -0.354 e. The summed E-state index contributed by atoms with van der Waals surface area (Å²) in [4.78, 5) is 12.1. The summed E-state index contributed by atoms with van der Waals surface area (Å²) in [5.74, 6) is 0.841. The Hall–Kier alpha value is -0.220. The number of carbonyl (C=O) groups is 1. The van der Waals surface area contributed by atoms with Gasteiger partial charge in [0, 0.05) is 17.8 Å². The van der Waals surface area contributed by atoms with Crippen molar-refractivity contribution in [1.82, 2.24) is 10.6 Å². The van der Waals surface area contributed by atoms with Crippen molar-refractivity contribution in [1.29, 1.82) is 0 Å². The molecule has 0 aliphatic carbocycles. The van der Waals surface area contributed by atoms with Crippen molar-refractivity contribution in [3.63, 3.8) is 0 Å². The summed E-state index contributed by atoms with van der Waals surface area (Å²) in [6.07, 6.45) is 4.34. The van der Waals surface area contributed by atoms with Crippen LogP contribution < -0.4 is 10.6 Å². The first-order chi connectivity index (χ1) is 8.08. The van der Waals surface area contributed by atoms with Gasteiger partial charge in [-0.3, -0.25) is 4.79 Å². The molecule has 0 aromatic carbocycles. The SMILES string of the molecule is CCC(CC)(CNC(=O)[C@@H]1CNC[C@H]1C)SC. The van der Waals surface area contributed by atoms with Gasteiger partial charge in [0.1, 0.15) is 0 Å². The smallest absolute Gasteiger partial charge is 0.224 e. The molecule has 1 aliphatic heterocycles. The Morgan fingerprint density at radius 3 is 2.47 bits per heavy atom. The van der Waals surface area contributed by atoms with Crippen molar-refractivity contribution < 1.29 is 4.79 Å². The number of thioether (sulfide) groups is 1. The van der Waals surface area contributed by atoms with Gasteiger partial charge in [-0.2, -0.15) is 11.8 Å². The van der Waals surface area contributed by atoms with E-state index in [0.717, 1.165) is 32.5 Å². The largest absolute Gasteiger partial charge is 0.354 e. The number of amides is 1. The summed E-state index contributed by atoms with van der Waals surface area (Å²) >= 11 is 1.87. The molecule has 1 amide bonds. The Labute approximate surface area is 109 Å². The van der Waals surface area contributed by atoms with Gasteiger partial charge in [-0.05, 0) is 31.6 Å².